The van der Waals surface area contributed by atoms with Crippen LogP contribution in [0.1, 0.15) is 63.5 Å². The summed E-state index contributed by atoms with van der Waals surface area (Å²) in [7, 11) is 0. The number of primary amides is 1. The topological polar surface area (TPSA) is 358 Å². The highest BCUT2D eigenvalue weighted by Gasteiger charge is 2.35. The number of nitrogens with two attached hydrogens (primary N) is 2. The first-order chi connectivity index (χ1) is 29.9. The average Bonchev–Trinajstić information content (AvgIpc) is 3.84. The van der Waals surface area contributed by atoms with E-state index in [2.05, 4.69) is 36.6 Å². The molecule has 4 aromatic rings. The molecule has 0 saturated heterocycles. The Balaban J connectivity index is 1.61. The quantitative estimate of drug-likeness (QED) is 0.0415. The van der Waals surface area contributed by atoms with Gasteiger partial charge in [-0.1, -0.05) is 56.7 Å². The van der Waals surface area contributed by atoms with Gasteiger partial charge >= 0.3 is 17.9 Å². The molecule has 0 fully saturated rings. The molecule has 63 heavy (non-hydrogen) atoms. The zero-order valence-corrected chi connectivity index (χ0v) is 34.6. The van der Waals surface area contributed by atoms with Crippen LogP contribution in [0.4, 0.5) is 0 Å². The Morgan fingerprint density at radius 1 is 0.603 bits per heavy atom. The number of aliphatic carboxylic acids is 3. The maximum absolute atomic E-state index is 14.2. The number of carbonyl (C=O) groups excluding carboxylic acids is 6. The number of rotatable bonds is 25. The number of hydrogen-bond donors (Lipinski definition) is 12. The van der Waals surface area contributed by atoms with Gasteiger partial charge in [-0.3, -0.25) is 38.4 Å². The van der Waals surface area contributed by atoms with Crippen molar-refractivity contribution >= 4 is 75.2 Å². The molecule has 14 N–H and O–H groups in total. The molecule has 0 aliphatic heterocycles. The lowest BCUT2D eigenvalue weighted by Crippen LogP contribution is -2.60. The second kappa shape index (κ2) is 22.5. The van der Waals surface area contributed by atoms with Crippen molar-refractivity contribution in [3.8, 4) is 0 Å². The predicted octanol–water partition coefficient (Wildman–Crippen LogP) is -0.0786. The molecule has 0 radical (unpaired) electrons. The smallest absolute Gasteiger partial charge is 0.326 e. The number of aromatic amines is 2. The van der Waals surface area contributed by atoms with Gasteiger partial charge in [0, 0.05) is 59.9 Å². The number of benzene rings is 2. The number of aromatic nitrogens is 2. The summed E-state index contributed by atoms with van der Waals surface area (Å²) >= 11 is 0. The number of amides is 6. The van der Waals surface area contributed by atoms with Crippen LogP contribution < -0.4 is 38.1 Å². The van der Waals surface area contributed by atoms with E-state index < -0.39 is 128 Å². The van der Waals surface area contributed by atoms with Gasteiger partial charge in [-0.25, -0.2) is 4.79 Å². The molecule has 4 rings (SSSR count). The van der Waals surface area contributed by atoms with Crippen molar-refractivity contribution in [3.05, 3.63) is 72.1 Å². The van der Waals surface area contributed by atoms with E-state index in [9.17, 15) is 53.4 Å². The molecular formula is C42H53N9O12. The Labute approximate surface area is 360 Å². The minimum Gasteiger partial charge on any atom is -0.481 e. The number of para-hydroxylation sites is 2. The van der Waals surface area contributed by atoms with Gasteiger partial charge in [-0.05, 0) is 42.0 Å². The van der Waals surface area contributed by atoms with Gasteiger partial charge in [-0.15, -0.1) is 0 Å². The zero-order chi connectivity index (χ0) is 46.4. The SMILES string of the molecule is CC[C@H](C)[C@H](NC(=O)[C@@H](N)CC(=O)O)C(=O)N[C@@H](CCC(=O)O)C(=O)N[C@@H](CCC(N)=O)C(=O)N[C@@H](Cc1c[nH]c2ccccc12)C(=O)N[C@@H](Cc1c[nH]c2ccccc12)C(=O)O. The molecule has 0 bridgehead atoms. The third-order valence-electron chi connectivity index (χ3n) is 10.6. The normalized spacial score (nSPS) is 14.5. The number of fused-ring (bicyclic) bond motifs is 2. The van der Waals surface area contributed by atoms with Crippen LogP contribution in [-0.4, -0.2) is 115 Å². The van der Waals surface area contributed by atoms with E-state index in [1.807, 2.05) is 6.07 Å². The number of hydrogen-bond acceptors (Lipinski definition) is 10. The molecule has 0 aliphatic carbocycles. The van der Waals surface area contributed by atoms with Crippen LogP contribution in [0.2, 0.25) is 0 Å². The van der Waals surface area contributed by atoms with Crippen LogP contribution >= 0.6 is 0 Å². The van der Waals surface area contributed by atoms with E-state index in [1.54, 1.807) is 68.7 Å². The summed E-state index contributed by atoms with van der Waals surface area (Å²) in [5.41, 5.74) is 13.7. The highest BCUT2D eigenvalue weighted by Crippen LogP contribution is 2.21. The summed E-state index contributed by atoms with van der Waals surface area (Å²) in [6.45, 7) is 3.29. The first-order valence-corrected chi connectivity index (χ1v) is 20.2. The van der Waals surface area contributed by atoms with Gasteiger partial charge in [0.2, 0.25) is 35.4 Å². The number of nitrogens with one attached hydrogen (secondary N) is 7. The van der Waals surface area contributed by atoms with E-state index in [0.717, 1.165) is 10.9 Å². The molecule has 21 nitrogen and oxygen atoms in total. The number of carboxylic acids is 3. The standard InChI is InChI=1S/C42H53N9O12/c1-3-21(2)36(51-37(57)26(43)18-35(55)56)41(61)48-30(13-15-34(53)54)38(58)47-29(12-14-33(44)52)39(59)49-31(16-22-19-45-27-10-6-4-8-24(22)27)40(60)50-32(42(62)63)17-23-20-46-28-11-7-5-9-25(23)28/h4-11,19-21,26,29-32,36,45-46H,3,12-18,43H2,1-2H3,(H2,44,52)(H,47,58)(H,48,61)(H,49,59)(H,50,60)(H,51,57)(H,53,54)(H,55,56)(H,62,63)/t21-,26-,29-,30-,31-,32-,36-/m0/s1. The van der Waals surface area contributed by atoms with Crippen molar-refractivity contribution in [2.75, 3.05) is 0 Å². The molecule has 21 heteroatoms. The molecule has 0 spiro atoms. The molecule has 0 aliphatic rings. The van der Waals surface area contributed by atoms with Crippen molar-refractivity contribution in [2.45, 2.75) is 101 Å². The predicted molar refractivity (Wildman–Crippen MR) is 226 cm³/mol. The first kappa shape index (κ1) is 48.4. The zero-order valence-electron chi connectivity index (χ0n) is 34.6. The summed E-state index contributed by atoms with van der Waals surface area (Å²) in [5.74, 6) is -10.4. The molecule has 0 unspecified atom stereocenters. The van der Waals surface area contributed by atoms with Crippen LogP contribution in [0.5, 0.6) is 0 Å². The van der Waals surface area contributed by atoms with Crippen LogP contribution in [0.15, 0.2) is 60.9 Å². The summed E-state index contributed by atoms with van der Waals surface area (Å²) in [5, 5.41) is 42.5. The van der Waals surface area contributed by atoms with E-state index in [0.29, 0.717) is 28.5 Å². The minimum absolute atomic E-state index is 0.129. The average molecular weight is 876 g/mol. The van der Waals surface area contributed by atoms with Crippen LogP contribution in [0.25, 0.3) is 21.8 Å². The monoisotopic (exact) mass is 875 g/mol. The second-order valence-corrected chi connectivity index (χ2v) is 15.2. The third kappa shape index (κ3) is 13.9. The second-order valence-electron chi connectivity index (χ2n) is 15.2. The van der Waals surface area contributed by atoms with Crippen LogP contribution in [-0.2, 0) is 56.0 Å². The van der Waals surface area contributed by atoms with E-state index in [1.165, 1.54) is 0 Å². The van der Waals surface area contributed by atoms with Crippen molar-refractivity contribution in [1.82, 2.24) is 36.6 Å². The molecular weight excluding hydrogens is 823 g/mol. The third-order valence-corrected chi connectivity index (χ3v) is 10.6. The fourth-order valence-corrected chi connectivity index (χ4v) is 6.86. The number of carbonyl (C=O) groups is 9. The summed E-state index contributed by atoms with van der Waals surface area (Å²) in [4.78, 5) is 122. The Morgan fingerprint density at radius 3 is 1.56 bits per heavy atom. The van der Waals surface area contributed by atoms with Gasteiger partial charge in [0.25, 0.3) is 0 Å². The van der Waals surface area contributed by atoms with Crippen LogP contribution in [0.3, 0.4) is 0 Å². The molecule has 338 valence electrons. The van der Waals surface area contributed by atoms with Crippen molar-refractivity contribution in [2.24, 2.45) is 17.4 Å². The summed E-state index contributed by atoms with van der Waals surface area (Å²) in [6, 6.07) is 5.24. The maximum atomic E-state index is 14.2. The Kier molecular flexibility index (Phi) is 17.3. The lowest BCUT2D eigenvalue weighted by atomic mass is 9.97. The lowest BCUT2D eigenvalue weighted by molar-refractivity contribution is -0.142. The number of H-pyrrole nitrogens is 2. The van der Waals surface area contributed by atoms with Crippen molar-refractivity contribution in [1.29, 1.82) is 0 Å². The highest BCUT2D eigenvalue weighted by atomic mass is 16.4. The van der Waals surface area contributed by atoms with Crippen LogP contribution in [0, 0.1) is 5.92 Å². The summed E-state index contributed by atoms with van der Waals surface area (Å²) in [6.07, 6.45) is 0.513. The highest BCUT2D eigenvalue weighted by molar-refractivity contribution is 5.97. The molecule has 7 atom stereocenters. The molecule has 2 aromatic carbocycles. The van der Waals surface area contributed by atoms with E-state index in [4.69, 9.17) is 16.6 Å². The van der Waals surface area contributed by atoms with Crippen molar-refractivity contribution < 1.29 is 58.5 Å². The van der Waals surface area contributed by atoms with Gasteiger partial charge < -0.3 is 63.3 Å². The summed E-state index contributed by atoms with van der Waals surface area (Å²) < 4.78 is 0. The molecule has 6 amide bonds. The van der Waals surface area contributed by atoms with Gasteiger partial charge in [0.05, 0.1) is 12.5 Å². The Morgan fingerprint density at radius 2 is 1.06 bits per heavy atom. The van der Waals surface area contributed by atoms with Gasteiger partial charge in [0.15, 0.2) is 0 Å². The first-order valence-electron chi connectivity index (χ1n) is 20.2. The molecule has 2 aromatic heterocycles. The van der Waals surface area contributed by atoms with E-state index >= 15 is 0 Å². The van der Waals surface area contributed by atoms with Gasteiger partial charge in [-0.2, -0.15) is 0 Å². The largest absolute Gasteiger partial charge is 0.481 e. The Bertz CT molecular complexity index is 2320. The minimum atomic E-state index is -1.64. The molecule has 0 saturated carbocycles. The number of carboxylic acid groups (broad SMARTS) is 3. The molecule has 2 heterocycles. The fourth-order valence-electron chi connectivity index (χ4n) is 6.86. The van der Waals surface area contributed by atoms with E-state index in [-0.39, 0.29) is 12.8 Å². The van der Waals surface area contributed by atoms with Crippen molar-refractivity contribution in [3.63, 3.8) is 0 Å². The lowest BCUT2D eigenvalue weighted by Gasteiger charge is -2.28. The van der Waals surface area contributed by atoms with Gasteiger partial charge in [0.1, 0.15) is 30.2 Å². The maximum Gasteiger partial charge on any atom is 0.326 e. The fraction of sp³-hybridized carbons (Fsp3) is 0.405. The Hall–Kier alpha value is -7.29.